The summed E-state index contributed by atoms with van der Waals surface area (Å²) < 4.78 is 7.05. The molecule has 0 saturated carbocycles. The van der Waals surface area contributed by atoms with Crippen LogP contribution < -0.4 is 0 Å². The second kappa shape index (κ2) is 8.53. The van der Waals surface area contributed by atoms with Gasteiger partial charge in [0.05, 0.1) is 23.3 Å². The number of esters is 1. The first-order valence-corrected chi connectivity index (χ1v) is 10.4. The molecule has 1 atom stereocenters. The van der Waals surface area contributed by atoms with E-state index >= 15 is 0 Å². The van der Waals surface area contributed by atoms with E-state index in [1.54, 1.807) is 19.1 Å². The number of carbonyl (C=O) groups is 1. The number of allylic oxidation sites excluding steroid dienone is 3. The van der Waals surface area contributed by atoms with Gasteiger partial charge in [-0.2, -0.15) is 5.26 Å². The molecule has 0 saturated heterocycles. The predicted molar refractivity (Wildman–Crippen MR) is 122 cm³/mol. The predicted octanol–water partition coefficient (Wildman–Crippen LogP) is 5.17. The summed E-state index contributed by atoms with van der Waals surface area (Å²) in [4.78, 5) is 14.0. The van der Waals surface area contributed by atoms with Gasteiger partial charge in [0.2, 0.25) is 0 Å². The summed E-state index contributed by atoms with van der Waals surface area (Å²) in [5.74, 6) is -0.0346. The molecule has 5 heteroatoms. The monoisotopic (exact) mass is 411 g/mol. The van der Waals surface area contributed by atoms with Gasteiger partial charge in [-0.1, -0.05) is 18.2 Å². The normalized spacial score (nSPS) is 15.4. The summed E-state index contributed by atoms with van der Waals surface area (Å²) in [5, 5.41) is 10.7. The number of hydrogen-bond donors (Lipinski definition) is 0. The van der Waals surface area contributed by atoms with E-state index in [0.29, 0.717) is 23.7 Å². The fourth-order valence-corrected chi connectivity index (χ4v) is 3.94. The number of likely N-dealkylation sites (N-methyl/N-ethyl adjacent to an activating group) is 1. The average Bonchev–Trinajstić information content (AvgIpc) is 3.17. The van der Waals surface area contributed by atoms with E-state index in [9.17, 15) is 10.1 Å². The first kappa shape index (κ1) is 20.5. The van der Waals surface area contributed by atoms with Gasteiger partial charge in [0.15, 0.2) is 0 Å². The molecular formula is C26H25N3O2. The third-order valence-corrected chi connectivity index (χ3v) is 5.63. The van der Waals surface area contributed by atoms with Crippen LogP contribution in [0.3, 0.4) is 0 Å². The lowest BCUT2D eigenvalue weighted by molar-refractivity contribution is 0.0526. The Hall–Kier alpha value is -3.78. The van der Waals surface area contributed by atoms with Gasteiger partial charge in [-0.25, -0.2) is 4.79 Å². The van der Waals surface area contributed by atoms with Gasteiger partial charge in [0.25, 0.3) is 0 Å². The number of ether oxygens (including phenoxy) is 1. The lowest BCUT2D eigenvalue weighted by Crippen LogP contribution is -2.12. The molecule has 5 nitrogen and oxygen atoms in total. The SMILES string of the molecule is CCOC(=O)c1ccc(-n2cc(C#N)c3cc(C4C=CC(N(C)C)=CC4)ccc32)cc1. The van der Waals surface area contributed by atoms with Crippen molar-refractivity contribution in [1.29, 1.82) is 5.26 Å². The smallest absolute Gasteiger partial charge is 0.338 e. The lowest BCUT2D eigenvalue weighted by Gasteiger charge is -2.21. The molecule has 0 bridgehead atoms. The molecule has 0 fully saturated rings. The number of fused-ring (bicyclic) bond motifs is 1. The topological polar surface area (TPSA) is 58.3 Å². The van der Waals surface area contributed by atoms with Crippen LogP contribution in [0.25, 0.3) is 16.6 Å². The van der Waals surface area contributed by atoms with E-state index in [0.717, 1.165) is 23.0 Å². The van der Waals surface area contributed by atoms with Gasteiger partial charge >= 0.3 is 5.97 Å². The highest BCUT2D eigenvalue weighted by Gasteiger charge is 2.16. The minimum absolute atomic E-state index is 0.298. The summed E-state index contributed by atoms with van der Waals surface area (Å²) >= 11 is 0. The molecule has 0 spiro atoms. The van der Waals surface area contributed by atoms with E-state index < -0.39 is 0 Å². The largest absolute Gasteiger partial charge is 0.462 e. The minimum Gasteiger partial charge on any atom is -0.462 e. The molecule has 0 radical (unpaired) electrons. The van der Waals surface area contributed by atoms with Gasteiger partial charge in [-0.15, -0.1) is 0 Å². The molecule has 0 aliphatic heterocycles. The maximum atomic E-state index is 11.9. The van der Waals surface area contributed by atoms with E-state index in [1.165, 1.54) is 11.3 Å². The summed E-state index contributed by atoms with van der Waals surface area (Å²) in [6, 6.07) is 15.9. The Labute approximate surface area is 182 Å². The quantitative estimate of drug-likeness (QED) is 0.544. The molecule has 0 amide bonds. The Morgan fingerprint density at radius 3 is 2.61 bits per heavy atom. The molecule has 1 aliphatic rings. The van der Waals surface area contributed by atoms with Crippen LogP contribution in [0.5, 0.6) is 0 Å². The van der Waals surface area contributed by atoms with Gasteiger partial charge < -0.3 is 14.2 Å². The van der Waals surface area contributed by atoms with Crippen molar-refractivity contribution >= 4 is 16.9 Å². The highest BCUT2D eigenvalue weighted by atomic mass is 16.5. The van der Waals surface area contributed by atoms with Crippen LogP contribution in [0.4, 0.5) is 0 Å². The van der Waals surface area contributed by atoms with Gasteiger partial charge in [0.1, 0.15) is 6.07 Å². The molecule has 156 valence electrons. The Bertz CT molecular complexity index is 1220. The van der Waals surface area contributed by atoms with Crippen LogP contribution >= 0.6 is 0 Å². The first-order chi connectivity index (χ1) is 15.0. The Kier molecular flexibility index (Phi) is 5.64. The summed E-state index contributed by atoms with van der Waals surface area (Å²) in [5.41, 5.74) is 5.42. The first-order valence-electron chi connectivity index (χ1n) is 10.4. The van der Waals surface area contributed by atoms with Crippen LogP contribution in [0.1, 0.15) is 40.7 Å². The third kappa shape index (κ3) is 3.97. The highest BCUT2D eigenvalue weighted by Crippen LogP contribution is 2.32. The molecule has 0 N–H and O–H groups in total. The molecule has 1 aliphatic carbocycles. The van der Waals surface area contributed by atoms with Crippen molar-refractivity contribution < 1.29 is 9.53 Å². The van der Waals surface area contributed by atoms with Gasteiger partial charge in [-0.3, -0.25) is 0 Å². The zero-order valence-electron chi connectivity index (χ0n) is 18.0. The number of aromatic nitrogens is 1. The van der Waals surface area contributed by atoms with Gasteiger partial charge in [0, 0.05) is 43.0 Å². The lowest BCUT2D eigenvalue weighted by atomic mass is 9.90. The van der Waals surface area contributed by atoms with Crippen LogP contribution in [-0.2, 0) is 4.74 Å². The fourth-order valence-electron chi connectivity index (χ4n) is 3.94. The number of rotatable bonds is 5. The van der Waals surface area contributed by atoms with Crippen molar-refractivity contribution in [1.82, 2.24) is 9.47 Å². The Balaban J connectivity index is 1.68. The van der Waals surface area contributed by atoms with E-state index in [2.05, 4.69) is 47.4 Å². The van der Waals surface area contributed by atoms with E-state index in [-0.39, 0.29) is 5.97 Å². The number of hydrogen-bond acceptors (Lipinski definition) is 4. The van der Waals surface area contributed by atoms with Crippen molar-refractivity contribution in [2.45, 2.75) is 19.3 Å². The van der Waals surface area contributed by atoms with Crippen LogP contribution in [0.2, 0.25) is 0 Å². The molecule has 3 aromatic rings. The number of benzene rings is 2. The second-order valence-corrected chi connectivity index (χ2v) is 7.79. The maximum Gasteiger partial charge on any atom is 0.338 e. The number of nitrogens with zero attached hydrogens (tertiary/aromatic N) is 3. The second-order valence-electron chi connectivity index (χ2n) is 7.79. The zero-order valence-corrected chi connectivity index (χ0v) is 18.0. The highest BCUT2D eigenvalue weighted by molar-refractivity contribution is 5.91. The molecule has 4 rings (SSSR count). The average molecular weight is 412 g/mol. The summed E-state index contributed by atoms with van der Waals surface area (Å²) in [6.07, 6.45) is 9.42. The molecule has 2 aromatic carbocycles. The van der Waals surface area contributed by atoms with Crippen molar-refractivity contribution in [3.8, 4) is 11.8 Å². The van der Waals surface area contributed by atoms with Crippen LogP contribution in [0, 0.1) is 11.3 Å². The number of carbonyl (C=O) groups excluding carboxylic acids is 1. The molecule has 31 heavy (non-hydrogen) atoms. The Morgan fingerprint density at radius 1 is 1.23 bits per heavy atom. The van der Waals surface area contributed by atoms with E-state index in [1.807, 2.05) is 37.0 Å². The standard InChI is InChI=1S/C26H25N3O2/c1-4-31-26(30)19-7-12-23(13-8-19)29-17-21(16-27)24-15-20(9-14-25(24)29)18-5-10-22(11-6-18)28(2)3/h5,7-15,17-18H,4,6H2,1-3H3. The Morgan fingerprint density at radius 2 is 2.00 bits per heavy atom. The molecule has 1 unspecified atom stereocenters. The zero-order chi connectivity index (χ0) is 22.0. The molecule has 1 heterocycles. The third-order valence-electron chi connectivity index (χ3n) is 5.63. The molecular weight excluding hydrogens is 386 g/mol. The maximum absolute atomic E-state index is 11.9. The van der Waals surface area contributed by atoms with Crippen molar-refractivity contribution in [2.75, 3.05) is 20.7 Å². The van der Waals surface area contributed by atoms with Crippen molar-refractivity contribution in [2.24, 2.45) is 0 Å². The summed E-state index contributed by atoms with van der Waals surface area (Å²) in [6.45, 7) is 2.13. The van der Waals surface area contributed by atoms with Crippen LogP contribution in [-0.4, -0.2) is 36.1 Å². The minimum atomic E-state index is -0.333. The van der Waals surface area contributed by atoms with Gasteiger partial charge in [-0.05, 0) is 61.4 Å². The molecule has 1 aromatic heterocycles. The van der Waals surface area contributed by atoms with Crippen molar-refractivity contribution in [3.63, 3.8) is 0 Å². The summed E-state index contributed by atoms with van der Waals surface area (Å²) in [7, 11) is 4.09. The van der Waals surface area contributed by atoms with Crippen LogP contribution in [0.15, 0.2) is 72.6 Å². The number of nitriles is 1. The fraction of sp³-hybridized carbons (Fsp3) is 0.231. The van der Waals surface area contributed by atoms with E-state index in [4.69, 9.17) is 4.74 Å². The van der Waals surface area contributed by atoms with Crippen molar-refractivity contribution in [3.05, 3.63) is 89.3 Å².